The number of pyridine rings is 1. The Labute approximate surface area is 192 Å². The predicted molar refractivity (Wildman–Crippen MR) is 120 cm³/mol. The summed E-state index contributed by atoms with van der Waals surface area (Å²) < 4.78 is 10.9. The Bertz CT molecular complexity index is 916. The normalized spacial score (nSPS) is 12.1. The summed E-state index contributed by atoms with van der Waals surface area (Å²) in [6.07, 6.45) is 0.614. The van der Waals surface area contributed by atoms with Crippen LogP contribution in [-0.2, 0) is 22.6 Å². The van der Waals surface area contributed by atoms with Gasteiger partial charge in [-0.25, -0.2) is 9.78 Å². The summed E-state index contributed by atoms with van der Waals surface area (Å²) in [6, 6.07) is 9.04. The fourth-order valence-electron chi connectivity index (χ4n) is 2.59. The lowest BCUT2D eigenvalue weighted by atomic mass is 10.1. The van der Waals surface area contributed by atoms with Crippen LogP contribution in [0.3, 0.4) is 0 Å². The van der Waals surface area contributed by atoms with Crippen molar-refractivity contribution >= 4 is 35.2 Å². The summed E-state index contributed by atoms with van der Waals surface area (Å²) in [4.78, 5) is 28.4. The van der Waals surface area contributed by atoms with Crippen molar-refractivity contribution in [2.75, 3.05) is 0 Å². The van der Waals surface area contributed by atoms with E-state index in [2.05, 4.69) is 15.6 Å². The minimum atomic E-state index is -0.747. The summed E-state index contributed by atoms with van der Waals surface area (Å²) in [7, 11) is 0. The van der Waals surface area contributed by atoms with Gasteiger partial charge in [-0.1, -0.05) is 54.4 Å². The lowest BCUT2D eigenvalue weighted by Gasteiger charge is -2.19. The molecule has 0 aliphatic heterocycles. The Balaban J connectivity index is 1.90. The van der Waals surface area contributed by atoms with E-state index in [0.717, 1.165) is 11.1 Å². The molecule has 0 saturated heterocycles. The highest BCUT2D eigenvalue weighted by molar-refractivity contribution is 6.35. The van der Waals surface area contributed by atoms with Crippen LogP contribution in [0.2, 0.25) is 10.0 Å². The van der Waals surface area contributed by atoms with Gasteiger partial charge in [-0.3, -0.25) is 4.79 Å². The van der Waals surface area contributed by atoms with Gasteiger partial charge in [-0.15, -0.1) is 0 Å². The van der Waals surface area contributed by atoms with Gasteiger partial charge in [0.05, 0.1) is 5.02 Å². The smallest absolute Gasteiger partial charge is 0.407 e. The van der Waals surface area contributed by atoms with Crippen LogP contribution in [-0.4, -0.2) is 28.7 Å². The molecule has 2 rings (SSSR count). The summed E-state index contributed by atoms with van der Waals surface area (Å²) in [5, 5.41) is 6.19. The molecule has 0 spiro atoms. The molecule has 0 aliphatic carbocycles. The van der Waals surface area contributed by atoms with Crippen molar-refractivity contribution in [2.24, 2.45) is 0 Å². The maximum atomic E-state index is 12.6. The highest BCUT2D eigenvalue weighted by atomic mass is 35.5. The molecule has 0 aliphatic rings. The quantitative estimate of drug-likeness (QED) is 0.576. The summed E-state index contributed by atoms with van der Waals surface area (Å²) in [5.41, 5.74) is 1.22. The van der Waals surface area contributed by atoms with Crippen molar-refractivity contribution in [1.29, 1.82) is 0 Å². The van der Waals surface area contributed by atoms with Crippen molar-refractivity contribution in [3.05, 3.63) is 57.7 Å². The van der Waals surface area contributed by atoms with Crippen LogP contribution in [0.15, 0.2) is 36.5 Å². The van der Waals surface area contributed by atoms with Gasteiger partial charge in [0.2, 0.25) is 5.88 Å². The first kappa shape index (κ1) is 24.8. The molecule has 1 aromatic carbocycles. The van der Waals surface area contributed by atoms with E-state index in [-0.39, 0.29) is 16.8 Å². The van der Waals surface area contributed by atoms with E-state index in [4.69, 9.17) is 32.7 Å². The number of alkyl carbamates (subject to hydrolysis) is 1. The number of nitrogens with zero attached hydrogens (tertiary/aromatic N) is 1. The number of carbonyl (C=O) groups excluding carboxylic acids is 2. The van der Waals surface area contributed by atoms with Gasteiger partial charge in [0, 0.05) is 19.3 Å². The second-order valence-electron chi connectivity index (χ2n) is 7.85. The molecule has 31 heavy (non-hydrogen) atoms. The summed E-state index contributed by atoms with van der Waals surface area (Å²) >= 11 is 11.9. The second kappa shape index (κ2) is 11.2. The monoisotopic (exact) mass is 467 g/mol. The fraction of sp³-hybridized carbons (Fsp3) is 0.409. The molecule has 1 heterocycles. The van der Waals surface area contributed by atoms with Gasteiger partial charge < -0.3 is 20.1 Å². The molecule has 1 aromatic heterocycles. The van der Waals surface area contributed by atoms with Crippen LogP contribution < -0.4 is 15.4 Å². The number of aromatic nitrogens is 1. The number of halogens is 2. The molecule has 2 aromatic rings. The number of hydrogen-bond acceptors (Lipinski definition) is 5. The van der Waals surface area contributed by atoms with Crippen molar-refractivity contribution in [2.45, 2.75) is 58.9 Å². The first-order valence-corrected chi connectivity index (χ1v) is 10.6. The van der Waals surface area contributed by atoms with Crippen LogP contribution in [0.5, 0.6) is 5.88 Å². The van der Waals surface area contributed by atoms with Gasteiger partial charge >= 0.3 is 6.09 Å². The SMILES string of the molecule is CCC(Oc1ncc(Cl)cc1Cl)C(=O)NCc1cccc(CNC(=O)OC(C)(C)C)c1. The molecule has 0 bridgehead atoms. The zero-order chi connectivity index (χ0) is 23.0. The second-order valence-corrected chi connectivity index (χ2v) is 8.69. The van der Waals surface area contributed by atoms with Crippen LogP contribution >= 0.6 is 23.2 Å². The largest absolute Gasteiger partial charge is 0.463 e. The zero-order valence-electron chi connectivity index (χ0n) is 18.0. The fourth-order valence-corrected chi connectivity index (χ4v) is 3.01. The van der Waals surface area contributed by atoms with Crippen LogP contribution in [0.1, 0.15) is 45.2 Å². The minimum Gasteiger partial charge on any atom is -0.463 e. The maximum Gasteiger partial charge on any atom is 0.407 e. The average Bonchev–Trinajstić information content (AvgIpc) is 2.69. The van der Waals surface area contributed by atoms with E-state index in [1.165, 1.54) is 12.3 Å². The number of amides is 2. The lowest BCUT2D eigenvalue weighted by molar-refractivity contribution is -0.128. The van der Waals surface area contributed by atoms with E-state index in [1.807, 2.05) is 31.2 Å². The lowest BCUT2D eigenvalue weighted by Crippen LogP contribution is -2.37. The van der Waals surface area contributed by atoms with Crippen molar-refractivity contribution in [3.63, 3.8) is 0 Å². The molecular weight excluding hydrogens is 441 g/mol. The molecule has 0 radical (unpaired) electrons. The van der Waals surface area contributed by atoms with Crippen molar-refractivity contribution in [1.82, 2.24) is 15.6 Å². The minimum absolute atomic E-state index is 0.156. The van der Waals surface area contributed by atoms with E-state index in [9.17, 15) is 9.59 Å². The topological polar surface area (TPSA) is 89.5 Å². The highest BCUT2D eigenvalue weighted by Gasteiger charge is 2.20. The van der Waals surface area contributed by atoms with Crippen LogP contribution in [0.25, 0.3) is 0 Å². The van der Waals surface area contributed by atoms with E-state index in [1.54, 1.807) is 20.8 Å². The van der Waals surface area contributed by atoms with Gasteiger partial charge in [-0.2, -0.15) is 0 Å². The number of hydrogen-bond donors (Lipinski definition) is 2. The number of benzene rings is 1. The van der Waals surface area contributed by atoms with Gasteiger partial charge in [0.15, 0.2) is 6.10 Å². The predicted octanol–water partition coefficient (Wildman–Crippen LogP) is 4.89. The van der Waals surface area contributed by atoms with Gasteiger partial charge in [-0.05, 0) is 44.4 Å². The molecule has 1 unspecified atom stereocenters. The third kappa shape index (κ3) is 8.63. The maximum absolute atomic E-state index is 12.6. The standard InChI is InChI=1S/C22H27Cl2N3O4/c1-5-18(30-20-17(24)10-16(23)13-26-20)19(28)25-11-14-7-6-8-15(9-14)12-27-21(29)31-22(2,3)4/h6-10,13,18H,5,11-12H2,1-4H3,(H,25,28)(H,27,29). The third-order valence-electron chi connectivity index (χ3n) is 3.99. The number of rotatable bonds is 8. The number of ether oxygens (including phenoxy) is 2. The zero-order valence-corrected chi connectivity index (χ0v) is 19.5. The number of carbonyl (C=O) groups is 2. The molecule has 2 N–H and O–H groups in total. The molecule has 7 nitrogen and oxygen atoms in total. The molecule has 9 heteroatoms. The Morgan fingerprint density at radius 1 is 1.10 bits per heavy atom. The Hall–Kier alpha value is -2.51. The first-order chi connectivity index (χ1) is 14.6. The molecule has 1 atom stereocenters. The summed E-state index contributed by atoms with van der Waals surface area (Å²) in [5.74, 6) is -0.129. The average molecular weight is 468 g/mol. The molecular formula is C22H27Cl2N3O4. The Morgan fingerprint density at radius 2 is 1.74 bits per heavy atom. The summed E-state index contributed by atoms with van der Waals surface area (Å²) in [6.45, 7) is 7.87. The van der Waals surface area contributed by atoms with E-state index < -0.39 is 17.8 Å². The highest BCUT2D eigenvalue weighted by Crippen LogP contribution is 2.25. The van der Waals surface area contributed by atoms with Gasteiger partial charge in [0.1, 0.15) is 10.6 Å². The van der Waals surface area contributed by atoms with Crippen LogP contribution in [0.4, 0.5) is 4.79 Å². The van der Waals surface area contributed by atoms with Crippen molar-refractivity contribution < 1.29 is 19.1 Å². The van der Waals surface area contributed by atoms with Crippen LogP contribution in [0, 0.1) is 0 Å². The van der Waals surface area contributed by atoms with Crippen molar-refractivity contribution in [3.8, 4) is 5.88 Å². The Kier molecular flexibility index (Phi) is 8.95. The molecule has 168 valence electrons. The molecule has 0 fully saturated rings. The Morgan fingerprint density at radius 3 is 2.32 bits per heavy atom. The number of nitrogens with one attached hydrogen (secondary N) is 2. The first-order valence-electron chi connectivity index (χ1n) is 9.87. The third-order valence-corrected chi connectivity index (χ3v) is 4.46. The molecule has 2 amide bonds. The molecule has 0 saturated carbocycles. The van der Waals surface area contributed by atoms with E-state index in [0.29, 0.717) is 24.5 Å². The van der Waals surface area contributed by atoms with Gasteiger partial charge in [0.25, 0.3) is 5.91 Å². The van der Waals surface area contributed by atoms with E-state index >= 15 is 0 Å².